The van der Waals surface area contributed by atoms with Gasteiger partial charge in [-0.1, -0.05) is 12.1 Å². The summed E-state index contributed by atoms with van der Waals surface area (Å²) in [4.78, 5) is 28.5. The molecule has 8 heteroatoms. The van der Waals surface area contributed by atoms with Crippen molar-refractivity contribution in [2.75, 3.05) is 20.0 Å². The lowest BCUT2D eigenvalue weighted by atomic mass is 10.1. The second kappa shape index (κ2) is 6.85. The van der Waals surface area contributed by atoms with Crippen LogP contribution < -0.4 is 14.8 Å². The number of hydrogen-bond donors (Lipinski definition) is 1. The summed E-state index contributed by atoms with van der Waals surface area (Å²) in [5, 5.41) is 4.76. The number of nitrogens with one attached hydrogen (secondary N) is 1. The number of carbonyl (C=O) groups excluding carboxylic acids is 2. The molecular formula is C18H18N2O4S2. The molecule has 3 heterocycles. The highest BCUT2D eigenvalue weighted by atomic mass is 32.2. The van der Waals surface area contributed by atoms with E-state index in [1.54, 1.807) is 41.2 Å². The second-order valence-electron chi connectivity index (χ2n) is 5.98. The minimum atomic E-state index is -0.486. The minimum Gasteiger partial charge on any atom is -0.493 e. The molecule has 2 aliphatic heterocycles. The van der Waals surface area contributed by atoms with E-state index in [9.17, 15) is 9.59 Å². The molecule has 0 bridgehead atoms. The molecule has 0 spiro atoms. The first-order valence-electron chi connectivity index (χ1n) is 8.15. The third kappa shape index (κ3) is 2.64. The average molecular weight is 390 g/mol. The van der Waals surface area contributed by atoms with Crippen molar-refractivity contribution in [1.29, 1.82) is 0 Å². The maximum absolute atomic E-state index is 13.1. The zero-order chi connectivity index (χ0) is 18.3. The van der Waals surface area contributed by atoms with Crippen molar-refractivity contribution in [1.82, 2.24) is 10.2 Å². The van der Waals surface area contributed by atoms with E-state index >= 15 is 0 Å². The molecule has 2 aromatic rings. The molecule has 0 unspecified atom stereocenters. The lowest BCUT2D eigenvalue weighted by molar-refractivity contribution is -0.124. The van der Waals surface area contributed by atoms with E-state index in [4.69, 9.17) is 9.47 Å². The first-order valence-corrected chi connectivity index (χ1v) is 10.1. The summed E-state index contributed by atoms with van der Waals surface area (Å²) in [6.07, 6.45) is 0. The van der Waals surface area contributed by atoms with Crippen LogP contribution in [0.25, 0.3) is 0 Å². The summed E-state index contributed by atoms with van der Waals surface area (Å²) in [7, 11) is 3.06. The molecule has 1 aromatic carbocycles. The molecule has 6 nitrogen and oxygen atoms in total. The summed E-state index contributed by atoms with van der Waals surface area (Å²) in [5.74, 6) is 1.23. The molecule has 1 fully saturated rings. The number of carbonyl (C=O) groups is 2. The fraction of sp³-hybridized carbons (Fsp3) is 0.333. The molecule has 2 atom stereocenters. The fourth-order valence-electron chi connectivity index (χ4n) is 3.40. The van der Waals surface area contributed by atoms with Gasteiger partial charge in [0.1, 0.15) is 11.4 Å². The highest BCUT2D eigenvalue weighted by Gasteiger charge is 2.50. The minimum absolute atomic E-state index is 0.125. The van der Waals surface area contributed by atoms with Gasteiger partial charge in [-0.05, 0) is 17.5 Å². The Kier molecular flexibility index (Phi) is 4.54. The van der Waals surface area contributed by atoms with Crippen LogP contribution in [0.3, 0.4) is 0 Å². The SMILES string of the molecule is COc1ccc2c(c1OC)C(=O)N1[C@@H](C(=O)NCc3cccs3)CS[C@@H]21. The average Bonchev–Trinajstić information content (AvgIpc) is 3.37. The Morgan fingerprint density at radius 1 is 1.31 bits per heavy atom. The van der Waals surface area contributed by atoms with Gasteiger partial charge in [-0.15, -0.1) is 23.1 Å². The molecule has 136 valence electrons. The van der Waals surface area contributed by atoms with Crippen molar-refractivity contribution in [3.63, 3.8) is 0 Å². The standard InChI is InChI=1S/C18H18N2O4S2/c1-23-13-6-5-11-14(15(13)24-2)17(22)20-12(9-26-18(11)20)16(21)19-8-10-4-3-7-25-10/h3-7,12,18H,8-9H2,1-2H3,(H,19,21)/t12-,18+/m1/s1. The van der Waals surface area contributed by atoms with Gasteiger partial charge < -0.3 is 19.7 Å². The quantitative estimate of drug-likeness (QED) is 0.850. The van der Waals surface area contributed by atoms with Crippen LogP contribution in [-0.2, 0) is 11.3 Å². The van der Waals surface area contributed by atoms with Crippen molar-refractivity contribution in [2.45, 2.75) is 18.0 Å². The van der Waals surface area contributed by atoms with Crippen LogP contribution in [0.5, 0.6) is 11.5 Å². The van der Waals surface area contributed by atoms with Gasteiger partial charge in [-0.2, -0.15) is 0 Å². The second-order valence-corrected chi connectivity index (χ2v) is 8.12. The first-order chi connectivity index (χ1) is 12.7. The van der Waals surface area contributed by atoms with Crippen molar-refractivity contribution >= 4 is 34.9 Å². The van der Waals surface area contributed by atoms with E-state index < -0.39 is 6.04 Å². The maximum Gasteiger partial charge on any atom is 0.260 e. The van der Waals surface area contributed by atoms with Crippen LogP contribution in [0.15, 0.2) is 29.6 Å². The summed E-state index contributed by atoms with van der Waals surface area (Å²) in [6, 6.07) is 7.14. The topological polar surface area (TPSA) is 67.9 Å². The van der Waals surface area contributed by atoms with E-state index in [1.165, 1.54) is 7.11 Å². The number of nitrogens with zero attached hydrogens (tertiary/aromatic N) is 1. The van der Waals surface area contributed by atoms with Crippen molar-refractivity contribution in [2.24, 2.45) is 0 Å². The Labute approximate surface area is 159 Å². The van der Waals surface area contributed by atoms with Gasteiger partial charge in [0.25, 0.3) is 5.91 Å². The van der Waals surface area contributed by atoms with E-state index in [1.807, 2.05) is 23.6 Å². The monoisotopic (exact) mass is 390 g/mol. The predicted octanol–water partition coefficient (Wildman–Crippen LogP) is 2.65. The number of rotatable bonds is 5. The lowest BCUT2D eigenvalue weighted by Crippen LogP contribution is -2.45. The van der Waals surface area contributed by atoms with Crippen molar-refractivity contribution in [3.8, 4) is 11.5 Å². The predicted molar refractivity (Wildman–Crippen MR) is 101 cm³/mol. The zero-order valence-corrected chi connectivity index (χ0v) is 16.0. The number of amides is 2. The Morgan fingerprint density at radius 3 is 2.85 bits per heavy atom. The van der Waals surface area contributed by atoms with Crippen LogP contribution in [0, 0.1) is 0 Å². The largest absolute Gasteiger partial charge is 0.493 e. The third-order valence-electron chi connectivity index (χ3n) is 4.61. The maximum atomic E-state index is 13.1. The van der Waals surface area contributed by atoms with Gasteiger partial charge in [0.05, 0.1) is 26.3 Å². The molecule has 4 rings (SSSR count). The van der Waals surface area contributed by atoms with E-state index in [2.05, 4.69) is 5.32 Å². The number of fused-ring (bicyclic) bond motifs is 3. The first kappa shape index (κ1) is 17.2. The number of benzene rings is 1. The van der Waals surface area contributed by atoms with E-state index in [0.29, 0.717) is 29.4 Å². The molecule has 0 radical (unpaired) electrons. The van der Waals surface area contributed by atoms with E-state index in [0.717, 1.165) is 10.4 Å². The molecule has 0 aliphatic carbocycles. The van der Waals surface area contributed by atoms with Crippen molar-refractivity contribution < 1.29 is 19.1 Å². The van der Waals surface area contributed by atoms with Crippen LogP contribution in [0.4, 0.5) is 0 Å². The summed E-state index contributed by atoms with van der Waals surface area (Å²) in [5.41, 5.74) is 1.38. The highest BCUT2D eigenvalue weighted by molar-refractivity contribution is 7.99. The van der Waals surface area contributed by atoms with Crippen LogP contribution >= 0.6 is 23.1 Å². The molecule has 1 N–H and O–H groups in total. The Balaban J connectivity index is 1.58. The van der Waals surface area contributed by atoms with Crippen LogP contribution in [0.2, 0.25) is 0 Å². The van der Waals surface area contributed by atoms with Gasteiger partial charge in [0.15, 0.2) is 11.5 Å². The fourth-order valence-corrected chi connectivity index (χ4v) is 5.50. The Bertz CT molecular complexity index is 853. The van der Waals surface area contributed by atoms with E-state index in [-0.39, 0.29) is 17.2 Å². The van der Waals surface area contributed by atoms with Crippen LogP contribution in [-0.4, -0.2) is 42.7 Å². The molecule has 1 saturated heterocycles. The van der Waals surface area contributed by atoms with Crippen molar-refractivity contribution in [3.05, 3.63) is 45.6 Å². The summed E-state index contributed by atoms with van der Waals surface area (Å²) in [6.45, 7) is 0.481. The molecule has 0 saturated carbocycles. The molecule has 1 aromatic heterocycles. The number of thiophene rings is 1. The van der Waals surface area contributed by atoms with Gasteiger partial charge in [0.2, 0.25) is 5.91 Å². The molecule has 2 aliphatic rings. The lowest BCUT2D eigenvalue weighted by Gasteiger charge is -2.22. The number of ether oxygens (including phenoxy) is 2. The zero-order valence-electron chi connectivity index (χ0n) is 14.4. The Hall–Kier alpha value is -2.19. The summed E-state index contributed by atoms with van der Waals surface area (Å²) >= 11 is 3.20. The normalized spacial score (nSPS) is 20.7. The third-order valence-corrected chi connectivity index (χ3v) is 6.79. The number of hydrogen-bond acceptors (Lipinski definition) is 6. The Morgan fingerprint density at radius 2 is 2.15 bits per heavy atom. The van der Waals surface area contributed by atoms with Gasteiger partial charge >= 0.3 is 0 Å². The smallest absolute Gasteiger partial charge is 0.260 e. The molecule has 2 amide bonds. The number of thioether (sulfide) groups is 1. The van der Waals surface area contributed by atoms with Gasteiger partial charge in [-0.25, -0.2) is 0 Å². The van der Waals surface area contributed by atoms with Gasteiger partial charge in [-0.3, -0.25) is 9.59 Å². The molecule has 26 heavy (non-hydrogen) atoms. The van der Waals surface area contributed by atoms with Crippen LogP contribution in [0.1, 0.15) is 26.2 Å². The van der Waals surface area contributed by atoms with Gasteiger partial charge in [0, 0.05) is 16.2 Å². The summed E-state index contributed by atoms with van der Waals surface area (Å²) < 4.78 is 10.7. The molecular weight excluding hydrogens is 372 g/mol. The number of methoxy groups -OCH3 is 2. The highest BCUT2D eigenvalue weighted by Crippen LogP contribution is 2.52.